The molecule has 72 heavy (non-hydrogen) atoms. The molecule has 5 nitrogen and oxygen atoms in total. The van der Waals surface area contributed by atoms with Crippen molar-refractivity contribution in [1.82, 2.24) is 0 Å². The first-order chi connectivity index (χ1) is 35.6. The highest BCUT2D eigenvalue weighted by molar-refractivity contribution is 5.70. The van der Waals surface area contributed by atoms with Crippen LogP contribution in [0.4, 0.5) is 0 Å². The second-order valence-electron chi connectivity index (χ2n) is 18.6. The zero-order valence-electron chi connectivity index (χ0n) is 46.1. The van der Waals surface area contributed by atoms with Gasteiger partial charge in [0.15, 0.2) is 6.10 Å². The van der Waals surface area contributed by atoms with Gasteiger partial charge in [-0.15, -0.1) is 0 Å². The van der Waals surface area contributed by atoms with E-state index in [2.05, 4.69) is 172 Å². The van der Waals surface area contributed by atoms with Gasteiger partial charge in [-0.2, -0.15) is 0 Å². The Hall–Kier alpha value is -4.48. The maximum atomic E-state index is 12.3. The second-order valence-corrected chi connectivity index (χ2v) is 18.6. The van der Waals surface area contributed by atoms with Gasteiger partial charge >= 0.3 is 11.9 Å². The van der Waals surface area contributed by atoms with Gasteiger partial charge in [0.25, 0.3) is 0 Å². The summed E-state index contributed by atoms with van der Waals surface area (Å²) in [6, 6.07) is 0. The molecular weight excluding hydrogens is 885 g/mol. The van der Waals surface area contributed by atoms with Crippen molar-refractivity contribution >= 4 is 11.9 Å². The first-order valence-electron chi connectivity index (χ1n) is 29.0. The van der Waals surface area contributed by atoms with Crippen LogP contribution in [0, 0.1) is 0 Å². The van der Waals surface area contributed by atoms with Crippen molar-refractivity contribution in [3.63, 3.8) is 0 Å². The lowest BCUT2D eigenvalue weighted by molar-refractivity contribution is -0.161. The molecule has 0 heterocycles. The molecule has 1 N–H and O–H groups in total. The average molecular weight is 992 g/mol. The third-order valence-corrected chi connectivity index (χ3v) is 11.8. The summed E-state index contributed by atoms with van der Waals surface area (Å²) in [6.45, 7) is 3.85. The minimum atomic E-state index is -0.805. The number of carbonyl (C=O) groups is 2. The number of ether oxygens (including phenoxy) is 2. The predicted molar refractivity (Wildman–Crippen MR) is 315 cm³/mol. The first-order valence-corrected chi connectivity index (χ1v) is 29.0. The summed E-state index contributed by atoms with van der Waals surface area (Å²) in [7, 11) is 0. The van der Waals surface area contributed by atoms with Crippen molar-refractivity contribution in [3.8, 4) is 0 Å². The SMILES string of the molecule is CC/C=C\C/C=C\C/C=C\C/C=C\C/C=C\C/C=C\C/C=C\C/C=C\CCCCCCCCCCCCCCCCCCC(=O)OC(CO)COC(=O)CCC/C=C\C/C=C\C/C=C\C/C=C\C/C=C\CC. The lowest BCUT2D eigenvalue weighted by Crippen LogP contribution is -2.28. The van der Waals surface area contributed by atoms with Crippen molar-refractivity contribution in [1.29, 1.82) is 0 Å². The molecule has 0 aliphatic heterocycles. The Balaban J connectivity index is 3.56. The Morgan fingerprint density at radius 3 is 0.875 bits per heavy atom. The molecule has 0 rings (SSSR count). The van der Waals surface area contributed by atoms with Gasteiger partial charge in [-0.3, -0.25) is 9.59 Å². The third-order valence-electron chi connectivity index (χ3n) is 11.8. The lowest BCUT2D eigenvalue weighted by Gasteiger charge is -2.15. The molecule has 0 aromatic heterocycles. The number of unbranched alkanes of at least 4 members (excludes halogenated alkanes) is 17. The summed E-state index contributed by atoms with van der Waals surface area (Å²) in [6.07, 6.45) is 93.8. The molecule has 0 saturated carbocycles. The van der Waals surface area contributed by atoms with Gasteiger partial charge in [-0.05, 0) is 116 Å². The fourth-order valence-corrected chi connectivity index (χ4v) is 7.55. The smallest absolute Gasteiger partial charge is 0.306 e. The van der Waals surface area contributed by atoms with Crippen LogP contribution < -0.4 is 0 Å². The zero-order chi connectivity index (χ0) is 52.0. The van der Waals surface area contributed by atoms with E-state index >= 15 is 0 Å². The molecular formula is C67H106O5. The third kappa shape index (κ3) is 58.1. The van der Waals surface area contributed by atoms with Crippen LogP contribution in [-0.4, -0.2) is 36.4 Å². The van der Waals surface area contributed by atoms with Gasteiger partial charge < -0.3 is 14.6 Å². The standard InChI is InChI=1S/C67H106O5/c1-3-5-7-9-11-13-15-17-19-21-22-23-24-25-26-27-28-29-30-31-32-33-34-35-36-37-38-39-40-41-42-43-44-46-48-50-52-54-56-58-60-62-67(70)72-65(63-68)64-71-66(69)61-59-57-55-53-51-49-47-45-20-18-16-14-12-10-8-6-4-2/h5-8,11-14,17-20,22-23,25-26,28-29,31-32,34-35,47,49,53,55,65,68H,3-4,9-10,15-16,21,24,27,30,33,36-46,48,50-52,54,56-64H2,1-2H3/b7-5-,8-6-,13-11-,14-12-,19-17-,20-18-,23-22-,26-25-,29-28-,32-31-,35-34-,49-47-,55-53-. The highest BCUT2D eigenvalue weighted by Crippen LogP contribution is 2.15. The number of esters is 2. The van der Waals surface area contributed by atoms with Gasteiger partial charge in [0.05, 0.1) is 6.61 Å². The Kier molecular flexibility index (Phi) is 57.0. The molecule has 0 saturated heterocycles. The quantitative estimate of drug-likeness (QED) is 0.0373. The minimum absolute atomic E-state index is 0.103. The van der Waals surface area contributed by atoms with E-state index < -0.39 is 6.10 Å². The topological polar surface area (TPSA) is 72.8 Å². The summed E-state index contributed by atoms with van der Waals surface area (Å²) >= 11 is 0. The Labute approximate surface area is 443 Å². The van der Waals surface area contributed by atoms with Crippen LogP contribution in [0.2, 0.25) is 0 Å². The summed E-state index contributed by atoms with van der Waals surface area (Å²) in [5.74, 6) is -0.665. The maximum absolute atomic E-state index is 12.3. The highest BCUT2D eigenvalue weighted by atomic mass is 16.6. The number of rotatable bonds is 51. The van der Waals surface area contributed by atoms with Crippen molar-refractivity contribution in [2.75, 3.05) is 13.2 Å². The molecule has 0 spiro atoms. The van der Waals surface area contributed by atoms with E-state index in [-0.39, 0.29) is 25.2 Å². The second kappa shape index (κ2) is 60.8. The Morgan fingerprint density at radius 1 is 0.319 bits per heavy atom. The molecule has 1 unspecified atom stereocenters. The molecule has 5 heteroatoms. The molecule has 0 aliphatic carbocycles. The Bertz CT molecular complexity index is 1590. The fraction of sp³-hybridized carbons (Fsp3) is 0.582. The Morgan fingerprint density at radius 2 is 0.569 bits per heavy atom. The normalized spacial score (nSPS) is 13.4. The van der Waals surface area contributed by atoms with Gasteiger partial charge in [-0.25, -0.2) is 0 Å². The van der Waals surface area contributed by atoms with E-state index in [1.54, 1.807) is 0 Å². The average Bonchev–Trinajstić information content (AvgIpc) is 3.38. The van der Waals surface area contributed by atoms with E-state index in [1.165, 1.54) is 89.9 Å². The molecule has 404 valence electrons. The van der Waals surface area contributed by atoms with Crippen molar-refractivity contribution < 1.29 is 24.2 Å². The summed E-state index contributed by atoms with van der Waals surface area (Å²) in [5.41, 5.74) is 0. The molecule has 0 bridgehead atoms. The molecule has 0 fully saturated rings. The van der Waals surface area contributed by atoms with Crippen molar-refractivity contribution in [2.45, 2.75) is 238 Å². The summed E-state index contributed by atoms with van der Waals surface area (Å²) in [4.78, 5) is 24.5. The van der Waals surface area contributed by atoms with Crippen LogP contribution in [0.3, 0.4) is 0 Å². The summed E-state index contributed by atoms with van der Waals surface area (Å²) in [5, 5.41) is 9.63. The van der Waals surface area contributed by atoms with E-state index in [9.17, 15) is 14.7 Å². The van der Waals surface area contributed by atoms with Gasteiger partial charge in [-0.1, -0.05) is 262 Å². The van der Waals surface area contributed by atoms with Crippen LogP contribution in [-0.2, 0) is 19.1 Å². The van der Waals surface area contributed by atoms with Gasteiger partial charge in [0.2, 0.25) is 0 Å². The van der Waals surface area contributed by atoms with Gasteiger partial charge in [0.1, 0.15) is 6.61 Å². The van der Waals surface area contributed by atoms with Crippen molar-refractivity contribution in [3.05, 3.63) is 158 Å². The van der Waals surface area contributed by atoms with Crippen LogP contribution >= 0.6 is 0 Å². The molecule has 0 aromatic carbocycles. The number of hydrogen-bond donors (Lipinski definition) is 1. The van der Waals surface area contributed by atoms with E-state index in [1.807, 2.05) is 0 Å². The molecule has 0 radical (unpaired) electrons. The minimum Gasteiger partial charge on any atom is -0.462 e. The number of aliphatic hydroxyl groups excluding tert-OH is 1. The highest BCUT2D eigenvalue weighted by Gasteiger charge is 2.16. The molecule has 0 aliphatic rings. The fourth-order valence-electron chi connectivity index (χ4n) is 7.55. The predicted octanol–water partition coefficient (Wildman–Crippen LogP) is 20.0. The van der Waals surface area contributed by atoms with Crippen molar-refractivity contribution in [2.24, 2.45) is 0 Å². The summed E-state index contributed by atoms with van der Waals surface area (Å²) < 4.78 is 10.6. The lowest BCUT2D eigenvalue weighted by atomic mass is 10.0. The number of aliphatic hydroxyl groups is 1. The van der Waals surface area contributed by atoms with E-state index in [0.29, 0.717) is 19.3 Å². The first kappa shape index (κ1) is 67.5. The monoisotopic (exact) mass is 991 g/mol. The molecule has 0 amide bonds. The van der Waals surface area contributed by atoms with Gasteiger partial charge in [0, 0.05) is 12.8 Å². The maximum Gasteiger partial charge on any atom is 0.306 e. The van der Waals surface area contributed by atoms with Crippen LogP contribution in [0.5, 0.6) is 0 Å². The largest absolute Gasteiger partial charge is 0.462 e. The zero-order valence-corrected chi connectivity index (χ0v) is 46.1. The number of allylic oxidation sites excluding steroid dienone is 26. The number of carbonyl (C=O) groups excluding carboxylic acids is 2. The molecule has 1 atom stereocenters. The van der Waals surface area contributed by atoms with Crippen LogP contribution in [0.1, 0.15) is 232 Å². The van der Waals surface area contributed by atoms with Crippen LogP contribution in [0.25, 0.3) is 0 Å². The van der Waals surface area contributed by atoms with Crippen LogP contribution in [0.15, 0.2) is 158 Å². The van der Waals surface area contributed by atoms with E-state index in [0.717, 1.165) is 109 Å². The number of hydrogen-bond acceptors (Lipinski definition) is 5. The molecule has 0 aromatic rings. The van der Waals surface area contributed by atoms with E-state index in [4.69, 9.17) is 9.47 Å².